The highest BCUT2D eigenvalue weighted by Gasteiger charge is 2.23. The number of carbonyl (C=O) groups excluding carboxylic acids is 2. The lowest BCUT2D eigenvalue weighted by molar-refractivity contribution is -0.384. The molecular weight excluding hydrogens is 268 g/mol. The molecule has 0 aliphatic rings. The monoisotopic (exact) mass is 282 g/mol. The second kappa shape index (κ2) is 6.50. The van der Waals surface area contributed by atoms with E-state index in [1.807, 2.05) is 0 Å². The van der Waals surface area contributed by atoms with Crippen LogP contribution < -0.4 is 10.1 Å². The number of nitrogens with one attached hydrogen (secondary N) is 1. The van der Waals surface area contributed by atoms with Crippen LogP contribution in [0.1, 0.15) is 17.3 Å². The molecule has 0 spiro atoms. The Balaban J connectivity index is 3.33. The predicted molar refractivity (Wildman–Crippen MR) is 70.2 cm³/mol. The van der Waals surface area contributed by atoms with Crippen LogP contribution in [0.25, 0.3) is 0 Å². The van der Waals surface area contributed by atoms with Crippen LogP contribution in [0.15, 0.2) is 12.1 Å². The molecule has 0 heterocycles. The number of benzene rings is 1. The van der Waals surface area contributed by atoms with E-state index in [1.54, 1.807) is 0 Å². The Hall–Kier alpha value is -2.64. The SMILES string of the molecule is COC(=O)c1cc([N+](=O)[O-])c(NCC(C)=O)cc1OC. The molecule has 1 N–H and O–H groups in total. The highest BCUT2D eigenvalue weighted by Crippen LogP contribution is 2.33. The molecule has 20 heavy (non-hydrogen) atoms. The summed E-state index contributed by atoms with van der Waals surface area (Å²) in [7, 11) is 2.48. The van der Waals surface area contributed by atoms with Gasteiger partial charge in [0.05, 0.1) is 25.7 Å². The molecule has 0 atom stereocenters. The van der Waals surface area contributed by atoms with Gasteiger partial charge < -0.3 is 14.8 Å². The van der Waals surface area contributed by atoms with Gasteiger partial charge in [0, 0.05) is 12.1 Å². The first-order valence-electron chi connectivity index (χ1n) is 5.58. The van der Waals surface area contributed by atoms with Gasteiger partial charge in [0.15, 0.2) is 0 Å². The number of Topliss-reactive ketones (excluding diaryl/α,β-unsaturated/α-hetero) is 1. The van der Waals surface area contributed by atoms with E-state index in [0.29, 0.717) is 0 Å². The third-order valence-electron chi connectivity index (χ3n) is 2.45. The summed E-state index contributed by atoms with van der Waals surface area (Å²) in [4.78, 5) is 32.8. The Morgan fingerprint density at radius 3 is 2.45 bits per heavy atom. The summed E-state index contributed by atoms with van der Waals surface area (Å²) in [5, 5.41) is 13.6. The number of nitro groups is 1. The Morgan fingerprint density at radius 1 is 1.35 bits per heavy atom. The number of anilines is 1. The van der Waals surface area contributed by atoms with Crippen molar-refractivity contribution in [3.8, 4) is 5.75 Å². The number of nitro benzene ring substituents is 1. The van der Waals surface area contributed by atoms with Crippen molar-refractivity contribution < 1.29 is 24.0 Å². The van der Waals surface area contributed by atoms with E-state index < -0.39 is 10.9 Å². The zero-order valence-corrected chi connectivity index (χ0v) is 11.3. The third-order valence-corrected chi connectivity index (χ3v) is 2.45. The molecule has 8 nitrogen and oxygen atoms in total. The van der Waals surface area contributed by atoms with Crippen LogP contribution in [0.2, 0.25) is 0 Å². The lowest BCUT2D eigenvalue weighted by Crippen LogP contribution is -2.12. The van der Waals surface area contributed by atoms with Gasteiger partial charge in [-0.25, -0.2) is 4.79 Å². The van der Waals surface area contributed by atoms with Crippen LogP contribution in [-0.2, 0) is 9.53 Å². The van der Waals surface area contributed by atoms with Crippen LogP contribution in [0.3, 0.4) is 0 Å². The largest absolute Gasteiger partial charge is 0.496 e. The molecule has 1 aromatic carbocycles. The third kappa shape index (κ3) is 3.44. The number of hydrogen-bond donors (Lipinski definition) is 1. The summed E-state index contributed by atoms with van der Waals surface area (Å²) < 4.78 is 9.54. The molecule has 0 bridgehead atoms. The maximum Gasteiger partial charge on any atom is 0.341 e. The van der Waals surface area contributed by atoms with Crippen molar-refractivity contribution in [1.29, 1.82) is 0 Å². The van der Waals surface area contributed by atoms with Crippen molar-refractivity contribution in [2.75, 3.05) is 26.1 Å². The minimum Gasteiger partial charge on any atom is -0.496 e. The lowest BCUT2D eigenvalue weighted by atomic mass is 10.1. The molecule has 0 radical (unpaired) electrons. The highest BCUT2D eigenvalue weighted by atomic mass is 16.6. The summed E-state index contributed by atoms with van der Waals surface area (Å²) >= 11 is 0. The predicted octanol–water partition coefficient (Wildman–Crippen LogP) is 1.39. The molecule has 1 rings (SSSR count). The fourth-order valence-electron chi connectivity index (χ4n) is 1.52. The van der Waals surface area contributed by atoms with E-state index in [4.69, 9.17) is 4.74 Å². The summed E-state index contributed by atoms with van der Waals surface area (Å²) in [6.45, 7) is 1.28. The molecule has 0 saturated carbocycles. The second-order valence-corrected chi connectivity index (χ2v) is 3.87. The molecule has 0 aliphatic carbocycles. The maximum atomic E-state index is 11.5. The number of ether oxygens (including phenoxy) is 2. The molecule has 0 unspecified atom stereocenters. The quantitative estimate of drug-likeness (QED) is 0.477. The van der Waals surface area contributed by atoms with Crippen molar-refractivity contribution in [2.45, 2.75) is 6.92 Å². The maximum absolute atomic E-state index is 11.5. The summed E-state index contributed by atoms with van der Waals surface area (Å²) in [5.41, 5.74) is -0.308. The van der Waals surface area contributed by atoms with Gasteiger partial charge in [0.25, 0.3) is 5.69 Å². The Morgan fingerprint density at radius 2 is 2.00 bits per heavy atom. The standard InChI is InChI=1S/C12H14N2O6/c1-7(15)6-13-9-5-11(19-2)8(12(16)20-3)4-10(9)14(17)18/h4-5,13H,6H2,1-3H3. The minimum atomic E-state index is -0.747. The van der Waals surface area contributed by atoms with Crippen molar-refractivity contribution in [2.24, 2.45) is 0 Å². The fraction of sp³-hybridized carbons (Fsp3) is 0.333. The van der Waals surface area contributed by atoms with Gasteiger partial charge in [0.2, 0.25) is 0 Å². The van der Waals surface area contributed by atoms with E-state index in [9.17, 15) is 19.7 Å². The Bertz CT molecular complexity index is 555. The van der Waals surface area contributed by atoms with Crippen LogP contribution in [0.4, 0.5) is 11.4 Å². The van der Waals surface area contributed by atoms with E-state index in [-0.39, 0.29) is 35.0 Å². The summed E-state index contributed by atoms with van der Waals surface area (Å²) in [6, 6.07) is 2.33. The first-order valence-corrected chi connectivity index (χ1v) is 5.58. The minimum absolute atomic E-state index is 0.0601. The number of methoxy groups -OCH3 is 2. The number of carbonyl (C=O) groups is 2. The normalized spacial score (nSPS) is 9.75. The summed E-state index contributed by atoms with van der Waals surface area (Å²) in [5.74, 6) is -0.813. The molecule has 8 heteroatoms. The number of esters is 1. The molecule has 0 fully saturated rings. The Kier molecular flexibility index (Phi) is 5.01. The van der Waals surface area contributed by atoms with E-state index in [2.05, 4.69) is 10.1 Å². The second-order valence-electron chi connectivity index (χ2n) is 3.87. The Labute approximate surface area is 114 Å². The van der Waals surface area contributed by atoms with Crippen molar-refractivity contribution in [3.63, 3.8) is 0 Å². The number of nitrogens with zero attached hydrogens (tertiary/aromatic N) is 1. The van der Waals surface area contributed by atoms with Crippen molar-refractivity contribution in [1.82, 2.24) is 0 Å². The van der Waals surface area contributed by atoms with Crippen molar-refractivity contribution >= 4 is 23.1 Å². The first-order chi connectivity index (χ1) is 9.40. The molecule has 0 amide bonds. The van der Waals surface area contributed by atoms with Crippen LogP contribution in [0, 0.1) is 10.1 Å². The average Bonchev–Trinajstić information content (AvgIpc) is 2.42. The molecule has 1 aromatic rings. The van der Waals surface area contributed by atoms with Gasteiger partial charge in [-0.05, 0) is 6.92 Å². The molecule has 0 aliphatic heterocycles. The van der Waals surface area contributed by atoms with E-state index >= 15 is 0 Å². The van der Waals surface area contributed by atoms with Gasteiger partial charge >= 0.3 is 5.97 Å². The van der Waals surface area contributed by atoms with E-state index in [1.165, 1.54) is 20.1 Å². The van der Waals surface area contributed by atoms with Crippen LogP contribution >= 0.6 is 0 Å². The molecule has 0 aromatic heterocycles. The van der Waals surface area contributed by atoms with Gasteiger partial charge in [-0.1, -0.05) is 0 Å². The topological polar surface area (TPSA) is 108 Å². The van der Waals surface area contributed by atoms with Gasteiger partial charge in [0.1, 0.15) is 22.8 Å². The number of hydrogen-bond acceptors (Lipinski definition) is 7. The highest BCUT2D eigenvalue weighted by molar-refractivity contribution is 5.95. The molecule has 108 valence electrons. The van der Waals surface area contributed by atoms with Crippen molar-refractivity contribution in [3.05, 3.63) is 27.8 Å². The van der Waals surface area contributed by atoms with Gasteiger partial charge in [-0.15, -0.1) is 0 Å². The zero-order chi connectivity index (χ0) is 15.3. The first kappa shape index (κ1) is 15.4. The van der Waals surface area contributed by atoms with E-state index in [0.717, 1.165) is 13.2 Å². The fourth-order valence-corrected chi connectivity index (χ4v) is 1.52. The van der Waals surface area contributed by atoms with Gasteiger partial charge in [-0.2, -0.15) is 0 Å². The number of ketones is 1. The average molecular weight is 282 g/mol. The van der Waals surface area contributed by atoms with Gasteiger partial charge in [-0.3, -0.25) is 14.9 Å². The smallest absolute Gasteiger partial charge is 0.341 e. The number of rotatable bonds is 6. The van der Waals surface area contributed by atoms with Crippen LogP contribution in [0.5, 0.6) is 5.75 Å². The van der Waals surface area contributed by atoms with Crippen LogP contribution in [-0.4, -0.2) is 37.4 Å². The molecule has 0 saturated heterocycles. The zero-order valence-electron chi connectivity index (χ0n) is 11.3. The molecular formula is C12H14N2O6. The summed E-state index contributed by atoms with van der Waals surface area (Å²) in [6.07, 6.45) is 0. The lowest BCUT2D eigenvalue weighted by Gasteiger charge is -2.11.